The van der Waals surface area contributed by atoms with Crippen molar-refractivity contribution in [1.82, 2.24) is 0 Å². The summed E-state index contributed by atoms with van der Waals surface area (Å²) in [5, 5.41) is 9.75. The fourth-order valence-corrected chi connectivity index (χ4v) is 5.28. The van der Waals surface area contributed by atoms with Crippen LogP contribution in [0.15, 0.2) is 48.6 Å². The van der Waals surface area contributed by atoms with Gasteiger partial charge in [0.2, 0.25) is 0 Å². The Kier molecular flexibility index (Phi) is 38.8. The van der Waals surface area contributed by atoms with Crippen molar-refractivity contribution >= 4 is 11.9 Å². The molecule has 0 aliphatic rings. The normalized spacial score (nSPS) is 12.7. The summed E-state index contributed by atoms with van der Waals surface area (Å²) in [5.74, 6) is -1.10. The third-order valence-electron chi connectivity index (χ3n) is 8.59. The van der Waals surface area contributed by atoms with Crippen molar-refractivity contribution in [3.05, 3.63) is 48.6 Å². The van der Waals surface area contributed by atoms with Crippen molar-refractivity contribution in [2.75, 3.05) is 33.0 Å². The molecule has 0 fully saturated rings. The molecule has 0 amide bonds. The number of aliphatic hydroxyl groups is 1. The highest BCUT2D eigenvalue weighted by atomic mass is 16.7. The van der Waals surface area contributed by atoms with Crippen LogP contribution in [0.25, 0.3) is 0 Å². The number of hydrogen-bond donors (Lipinski definition) is 1. The predicted octanol–water partition coefficient (Wildman–Crippen LogP) is 11.7. The standard InChI is InChI=1S/C44H78O7/c1-4-7-10-13-16-17-18-19-20-21-22-23-24-27-30-33-42(46)50-39-41(38-45)40-51-43(47)34-35-44(48-36-31-28-25-14-11-8-5-2)49-37-32-29-26-15-12-9-6-3/h16-17,19-20,25-26,28-29,41,44-45H,4-15,18,21-24,27,30-40H2,1-3H3/b17-16-,20-19-,28-25-,29-26-. The zero-order valence-corrected chi connectivity index (χ0v) is 33.2. The van der Waals surface area contributed by atoms with E-state index in [0.29, 0.717) is 26.1 Å². The van der Waals surface area contributed by atoms with E-state index in [-0.39, 0.29) is 38.2 Å². The van der Waals surface area contributed by atoms with Gasteiger partial charge in [0.25, 0.3) is 0 Å². The summed E-state index contributed by atoms with van der Waals surface area (Å²) in [4.78, 5) is 24.7. The number of hydrogen-bond acceptors (Lipinski definition) is 7. The van der Waals surface area contributed by atoms with Gasteiger partial charge in [0, 0.05) is 12.8 Å². The molecule has 0 spiro atoms. The zero-order valence-electron chi connectivity index (χ0n) is 33.2. The van der Waals surface area contributed by atoms with Gasteiger partial charge in [-0.1, -0.05) is 127 Å². The number of unbranched alkanes of at least 4 members (excludes halogenated alkanes) is 14. The highest BCUT2D eigenvalue weighted by molar-refractivity contribution is 5.69. The maximum absolute atomic E-state index is 12.5. The molecule has 7 heteroatoms. The summed E-state index contributed by atoms with van der Waals surface area (Å²) in [7, 11) is 0. The fourth-order valence-electron chi connectivity index (χ4n) is 5.28. The van der Waals surface area contributed by atoms with E-state index in [2.05, 4.69) is 69.4 Å². The maximum atomic E-state index is 12.5. The average Bonchev–Trinajstić information content (AvgIpc) is 3.14. The topological polar surface area (TPSA) is 91.3 Å². The quantitative estimate of drug-likeness (QED) is 0.0294. The molecule has 0 rings (SSSR count). The number of ether oxygens (including phenoxy) is 4. The summed E-state index contributed by atoms with van der Waals surface area (Å²) in [6.07, 6.45) is 41.8. The molecule has 7 nitrogen and oxygen atoms in total. The average molecular weight is 719 g/mol. The van der Waals surface area contributed by atoms with Crippen LogP contribution in [0.2, 0.25) is 0 Å². The molecule has 1 N–H and O–H groups in total. The Morgan fingerprint density at radius 3 is 1.41 bits per heavy atom. The molecule has 0 aliphatic carbocycles. The number of aliphatic hydroxyl groups excluding tert-OH is 1. The van der Waals surface area contributed by atoms with Crippen molar-refractivity contribution in [2.45, 2.75) is 181 Å². The lowest BCUT2D eigenvalue weighted by Crippen LogP contribution is -2.25. The van der Waals surface area contributed by atoms with Gasteiger partial charge >= 0.3 is 11.9 Å². The van der Waals surface area contributed by atoms with Gasteiger partial charge in [0.15, 0.2) is 6.29 Å². The fraction of sp³-hybridized carbons (Fsp3) is 0.773. The number of allylic oxidation sites excluding steroid dienone is 6. The Bertz CT molecular complexity index is 853. The summed E-state index contributed by atoms with van der Waals surface area (Å²) >= 11 is 0. The first kappa shape index (κ1) is 48.8. The number of esters is 2. The molecule has 1 atom stereocenters. The van der Waals surface area contributed by atoms with Crippen LogP contribution < -0.4 is 0 Å². The third kappa shape index (κ3) is 37.3. The first-order valence-corrected chi connectivity index (χ1v) is 20.8. The smallest absolute Gasteiger partial charge is 0.305 e. The molecule has 0 bridgehead atoms. The second-order valence-electron chi connectivity index (χ2n) is 13.6. The van der Waals surface area contributed by atoms with Gasteiger partial charge in [-0.2, -0.15) is 0 Å². The highest BCUT2D eigenvalue weighted by Crippen LogP contribution is 2.12. The van der Waals surface area contributed by atoms with Gasteiger partial charge in [-0.25, -0.2) is 0 Å². The number of rotatable bonds is 38. The van der Waals surface area contributed by atoms with Crippen LogP contribution in [0.1, 0.15) is 175 Å². The lowest BCUT2D eigenvalue weighted by atomic mass is 10.1. The molecule has 0 heterocycles. The third-order valence-corrected chi connectivity index (χ3v) is 8.59. The Labute approximate surface area is 313 Å². The molecule has 0 aromatic heterocycles. The molecule has 0 aliphatic heterocycles. The van der Waals surface area contributed by atoms with Crippen LogP contribution in [0.4, 0.5) is 0 Å². The minimum absolute atomic E-state index is 0.00430. The Morgan fingerprint density at radius 1 is 0.510 bits per heavy atom. The van der Waals surface area contributed by atoms with Gasteiger partial charge in [-0.15, -0.1) is 0 Å². The Morgan fingerprint density at radius 2 is 0.922 bits per heavy atom. The van der Waals surface area contributed by atoms with Crippen LogP contribution in [0, 0.1) is 5.92 Å². The van der Waals surface area contributed by atoms with Gasteiger partial charge in [0.05, 0.1) is 45.4 Å². The largest absolute Gasteiger partial charge is 0.465 e. The van der Waals surface area contributed by atoms with E-state index in [0.717, 1.165) is 64.2 Å². The van der Waals surface area contributed by atoms with Gasteiger partial charge in [-0.3, -0.25) is 9.59 Å². The molecule has 0 saturated carbocycles. The van der Waals surface area contributed by atoms with Gasteiger partial charge in [-0.05, 0) is 77.0 Å². The van der Waals surface area contributed by atoms with E-state index < -0.39 is 12.2 Å². The van der Waals surface area contributed by atoms with Gasteiger partial charge < -0.3 is 24.1 Å². The van der Waals surface area contributed by atoms with E-state index in [1.165, 1.54) is 70.6 Å². The summed E-state index contributed by atoms with van der Waals surface area (Å²) in [6, 6.07) is 0. The van der Waals surface area contributed by atoms with E-state index in [1.807, 2.05) is 0 Å². The van der Waals surface area contributed by atoms with E-state index in [1.54, 1.807) is 0 Å². The van der Waals surface area contributed by atoms with Crippen LogP contribution in [-0.4, -0.2) is 56.4 Å². The molecule has 0 saturated heterocycles. The van der Waals surface area contributed by atoms with Gasteiger partial charge in [0.1, 0.15) is 0 Å². The maximum Gasteiger partial charge on any atom is 0.305 e. The second-order valence-corrected chi connectivity index (χ2v) is 13.6. The van der Waals surface area contributed by atoms with E-state index in [9.17, 15) is 14.7 Å². The highest BCUT2D eigenvalue weighted by Gasteiger charge is 2.17. The molecule has 51 heavy (non-hydrogen) atoms. The first-order valence-electron chi connectivity index (χ1n) is 20.8. The van der Waals surface area contributed by atoms with Crippen LogP contribution in [-0.2, 0) is 28.5 Å². The lowest BCUT2D eigenvalue weighted by molar-refractivity contribution is -0.159. The van der Waals surface area contributed by atoms with E-state index in [4.69, 9.17) is 18.9 Å². The monoisotopic (exact) mass is 719 g/mol. The summed E-state index contributed by atoms with van der Waals surface area (Å²) in [6.45, 7) is 7.53. The minimum Gasteiger partial charge on any atom is -0.465 e. The molecule has 0 aromatic carbocycles. The zero-order chi connectivity index (χ0) is 37.3. The molecule has 1 unspecified atom stereocenters. The minimum atomic E-state index is -0.483. The molecule has 296 valence electrons. The molecular weight excluding hydrogens is 640 g/mol. The first-order chi connectivity index (χ1) is 25.1. The second kappa shape index (κ2) is 40.5. The molecule has 0 radical (unpaired) electrons. The SMILES string of the molecule is CCCCC/C=C\C/C=C\CCCCCCCC(=O)OCC(CO)COC(=O)CCC(OCC/C=C\CCCCC)OCC/C=C\CCCCC. The predicted molar refractivity (Wildman–Crippen MR) is 213 cm³/mol. The van der Waals surface area contributed by atoms with Crippen molar-refractivity contribution in [3.8, 4) is 0 Å². The lowest BCUT2D eigenvalue weighted by Gasteiger charge is -2.18. The van der Waals surface area contributed by atoms with Crippen LogP contribution in [0.5, 0.6) is 0 Å². The van der Waals surface area contributed by atoms with Crippen LogP contribution in [0.3, 0.4) is 0 Å². The molecule has 0 aromatic rings. The Hall–Kier alpha value is -2.22. The van der Waals surface area contributed by atoms with Crippen molar-refractivity contribution < 1.29 is 33.6 Å². The number of carbonyl (C=O) groups excluding carboxylic acids is 2. The Balaban J connectivity index is 4.22. The summed E-state index contributed by atoms with van der Waals surface area (Å²) < 4.78 is 22.7. The summed E-state index contributed by atoms with van der Waals surface area (Å²) in [5.41, 5.74) is 0. The van der Waals surface area contributed by atoms with Crippen molar-refractivity contribution in [2.24, 2.45) is 5.92 Å². The molecular formula is C44H78O7. The van der Waals surface area contributed by atoms with E-state index >= 15 is 0 Å². The van der Waals surface area contributed by atoms with Crippen molar-refractivity contribution in [3.63, 3.8) is 0 Å². The van der Waals surface area contributed by atoms with Crippen LogP contribution >= 0.6 is 0 Å². The number of carbonyl (C=O) groups is 2. The van der Waals surface area contributed by atoms with Crippen molar-refractivity contribution in [1.29, 1.82) is 0 Å².